The van der Waals surface area contributed by atoms with Crippen LogP contribution in [0.4, 0.5) is 0 Å². The van der Waals surface area contributed by atoms with Gasteiger partial charge in [-0.05, 0) is 18.8 Å². The van der Waals surface area contributed by atoms with Crippen LogP contribution in [0.1, 0.15) is 12.8 Å². The van der Waals surface area contributed by atoms with E-state index in [1.165, 1.54) is 12.8 Å². The summed E-state index contributed by atoms with van der Waals surface area (Å²) in [5.74, 6) is 1.66. The van der Waals surface area contributed by atoms with Gasteiger partial charge >= 0.3 is 0 Å². The topological polar surface area (TPSA) is 38.5 Å². The summed E-state index contributed by atoms with van der Waals surface area (Å²) in [6.07, 6.45) is 6.14. The first-order valence-electron chi connectivity index (χ1n) is 3.63. The highest BCUT2D eigenvalue weighted by Gasteiger charge is 2.21. The zero-order valence-corrected chi connectivity index (χ0v) is 5.75. The predicted octanol–water partition coefficient (Wildman–Crippen LogP) is 0.431. The summed E-state index contributed by atoms with van der Waals surface area (Å²) < 4.78 is 0. The van der Waals surface area contributed by atoms with Crippen molar-refractivity contribution in [1.82, 2.24) is 10.6 Å². The molecule has 1 aliphatic heterocycles. The molecule has 3 heteroatoms. The van der Waals surface area contributed by atoms with Crippen LogP contribution in [0, 0.1) is 5.92 Å². The lowest BCUT2D eigenvalue weighted by Crippen LogP contribution is -2.29. The summed E-state index contributed by atoms with van der Waals surface area (Å²) in [4.78, 5) is 3.99. The average molecular weight is 136 g/mol. The lowest BCUT2D eigenvalue weighted by atomic mass is 10.4. The molecule has 1 heterocycles. The Balaban J connectivity index is 1.70. The molecule has 2 rings (SSSR count). The fraction of sp³-hybridized carbons (Fsp3) is 0.571. The second-order valence-corrected chi connectivity index (χ2v) is 2.70. The molecule has 1 N–H and O–H groups in total. The second-order valence-electron chi connectivity index (χ2n) is 2.70. The Labute approximate surface area is 60.2 Å². The predicted molar refractivity (Wildman–Crippen MR) is 39.4 cm³/mol. The Morgan fingerprint density at radius 2 is 2.40 bits per heavy atom. The summed E-state index contributed by atoms with van der Waals surface area (Å²) in [5, 5.41) is 7.16. The zero-order chi connectivity index (χ0) is 6.81. The molecule has 0 aromatic rings. The number of nitrogens with zero attached hydrogens (tertiary/aromatic N) is 2. The number of rotatable bonds is 2. The molecule has 0 bridgehead atoms. The van der Waals surface area contributed by atoms with Gasteiger partial charge in [-0.25, -0.2) is 10.3 Å². The SMILES string of the molecule is C1=CN=C(NCC2CC2)[N]1. The van der Waals surface area contributed by atoms with Gasteiger partial charge in [0.1, 0.15) is 0 Å². The summed E-state index contributed by atoms with van der Waals surface area (Å²) in [7, 11) is 0. The van der Waals surface area contributed by atoms with E-state index in [4.69, 9.17) is 0 Å². The highest BCUT2D eigenvalue weighted by atomic mass is 15.2. The number of hydrogen-bond donors (Lipinski definition) is 1. The van der Waals surface area contributed by atoms with Gasteiger partial charge < -0.3 is 5.32 Å². The van der Waals surface area contributed by atoms with Gasteiger partial charge in [0.15, 0.2) is 0 Å². The van der Waals surface area contributed by atoms with Crippen LogP contribution in [0.3, 0.4) is 0 Å². The molecular weight excluding hydrogens is 126 g/mol. The smallest absolute Gasteiger partial charge is 0.222 e. The van der Waals surface area contributed by atoms with Crippen molar-refractivity contribution in [2.45, 2.75) is 12.8 Å². The molecule has 0 unspecified atom stereocenters. The van der Waals surface area contributed by atoms with Gasteiger partial charge in [0.05, 0.1) is 0 Å². The minimum absolute atomic E-state index is 0.770. The monoisotopic (exact) mass is 136 g/mol. The van der Waals surface area contributed by atoms with E-state index in [-0.39, 0.29) is 0 Å². The molecule has 0 aromatic carbocycles. The van der Waals surface area contributed by atoms with Gasteiger partial charge in [-0.2, -0.15) is 0 Å². The van der Waals surface area contributed by atoms with Crippen molar-refractivity contribution in [2.24, 2.45) is 10.9 Å². The van der Waals surface area contributed by atoms with Crippen molar-refractivity contribution >= 4 is 5.96 Å². The van der Waals surface area contributed by atoms with Crippen LogP contribution in [0.5, 0.6) is 0 Å². The first-order valence-corrected chi connectivity index (χ1v) is 3.63. The quantitative estimate of drug-likeness (QED) is 0.587. The summed E-state index contributed by atoms with van der Waals surface area (Å²) in [5.41, 5.74) is 0. The molecule has 3 nitrogen and oxygen atoms in total. The third-order valence-electron chi connectivity index (χ3n) is 1.71. The summed E-state index contributed by atoms with van der Waals surface area (Å²) >= 11 is 0. The third kappa shape index (κ3) is 1.29. The fourth-order valence-electron chi connectivity index (χ4n) is 0.890. The first kappa shape index (κ1) is 5.77. The molecule has 0 spiro atoms. The highest BCUT2D eigenvalue weighted by Crippen LogP contribution is 2.27. The average Bonchev–Trinajstić information content (AvgIpc) is 2.63. The Morgan fingerprint density at radius 3 is 3.00 bits per heavy atom. The van der Waals surface area contributed by atoms with Crippen LogP contribution in [0.2, 0.25) is 0 Å². The van der Waals surface area contributed by atoms with Gasteiger partial charge in [0.2, 0.25) is 5.96 Å². The van der Waals surface area contributed by atoms with E-state index in [1.807, 2.05) is 0 Å². The number of aliphatic imine (C=N–C) groups is 1. The van der Waals surface area contributed by atoms with Crippen LogP contribution < -0.4 is 10.6 Å². The number of nitrogens with one attached hydrogen (secondary N) is 1. The van der Waals surface area contributed by atoms with Crippen LogP contribution >= 0.6 is 0 Å². The maximum Gasteiger partial charge on any atom is 0.222 e. The van der Waals surface area contributed by atoms with Crippen molar-refractivity contribution in [2.75, 3.05) is 6.54 Å². The first-order chi connectivity index (χ1) is 4.95. The number of hydrogen-bond acceptors (Lipinski definition) is 2. The molecule has 0 aromatic heterocycles. The van der Waals surface area contributed by atoms with Gasteiger partial charge in [-0.1, -0.05) is 0 Å². The Hall–Kier alpha value is -0.990. The summed E-state index contributed by atoms with van der Waals surface area (Å²) in [6.45, 7) is 1.05. The fourth-order valence-corrected chi connectivity index (χ4v) is 0.890. The molecule has 1 radical (unpaired) electrons. The van der Waals surface area contributed by atoms with E-state index in [9.17, 15) is 0 Å². The lowest BCUT2D eigenvalue weighted by Gasteiger charge is -2.01. The van der Waals surface area contributed by atoms with Crippen molar-refractivity contribution < 1.29 is 0 Å². The molecular formula is C7H10N3. The maximum absolute atomic E-state index is 3.99. The molecule has 0 saturated heterocycles. The molecule has 0 atom stereocenters. The van der Waals surface area contributed by atoms with Crippen molar-refractivity contribution in [3.63, 3.8) is 0 Å². The van der Waals surface area contributed by atoms with E-state index < -0.39 is 0 Å². The molecule has 10 heavy (non-hydrogen) atoms. The minimum Gasteiger partial charge on any atom is -0.354 e. The third-order valence-corrected chi connectivity index (χ3v) is 1.71. The lowest BCUT2D eigenvalue weighted by molar-refractivity contribution is 0.761. The number of guanidine groups is 1. The molecule has 1 aliphatic carbocycles. The molecule has 0 amide bonds. The van der Waals surface area contributed by atoms with Crippen molar-refractivity contribution in [3.8, 4) is 0 Å². The molecule has 1 saturated carbocycles. The molecule has 2 aliphatic rings. The highest BCUT2D eigenvalue weighted by molar-refractivity contribution is 5.82. The standard InChI is InChI=1S/C7H10N3/c1-2-6(1)5-10-7-8-3-4-9-7/h3-4,6H,1-2,5H2,(H,8,10). The second kappa shape index (κ2) is 2.33. The Morgan fingerprint density at radius 1 is 1.50 bits per heavy atom. The largest absolute Gasteiger partial charge is 0.354 e. The van der Waals surface area contributed by atoms with E-state index in [2.05, 4.69) is 15.6 Å². The van der Waals surface area contributed by atoms with Crippen LogP contribution in [-0.2, 0) is 0 Å². The van der Waals surface area contributed by atoms with E-state index in [0.29, 0.717) is 0 Å². The van der Waals surface area contributed by atoms with Crippen LogP contribution in [0.15, 0.2) is 17.4 Å². The van der Waals surface area contributed by atoms with Crippen LogP contribution in [0.25, 0.3) is 0 Å². The van der Waals surface area contributed by atoms with Gasteiger partial charge in [-0.15, -0.1) is 0 Å². The normalized spacial score (nSPS) is 22.2. The van der Waals surface area contributed by atoms with Gasteiger partial charge in [-0.3, -0.25) is 0 Å². The Kier molecular flexibility index (Phi) is 1.34. The van der Waals surface area contributed by atoms with Crippen molar-refractivity contribution in [3.05, 3.63) is 12.4 Å². The Bertz CT molecular complexity index is 179. The van der Waals surface area contributed by atoms with E-state index in [1.54, 1.807) is 12.4 Å². The van der Waals surface area contributed by atoms with E-state index in [0.717, 1.165) is 18.4 Å². The summed E-state index contributed by atoms with van der Waals surface area (Å²) in [6, 6.07) is 0. The van der Waals surface area contributed by atoms with Crippen molar-refractivity contribution in [1.29, 1.82) is 0 Å². The minimum atomic E-state index is 0.770. The van der Waals surface area contributed by atoms with Gasteiger partial charge in [0, 0.05) is 18.9 Å². The van der Waals surface area contributed by atoms with Crippen LogP contribution in [-0.4, -0.2) is 12.5 Å². The molecule has 53 valence electrons. The van der Waals surface area contributed by atoms with Gasteiger partial charge in [0.25, 0.3) is 0 Å². The molecule has 1 fully saturated rings. The zero-order valence-electron chi connectivity index (χ0n) is 5.75. The van der Waals surface area contributed by atoms with E-state index >= 15 is 0 Å². The maximum atomic E-state index is 3.99.